The minimum atomic E-state index is -1.29. The molecule has 0 atom stereocenters. The van der Waals surface area contributed by atoms with Gasteiger partial charge in [-0.05, 0) is 18.2 Å². The van der Waals surface area contributed by atoms with E-state index in [1.54, 1.807) is 0 Å². The lowest BCUT2D eigenvalue weighted by molar-refractivity contribution is 0.102. The molecule has 0 unspecified atom stereocenters. The molecule has 2 aromatic rings. The molecular formula is C13H8F4N2O. The zero-order valence-corrected chi connectivity index (χ0v) is 9.88. The van der Waals surface area contributed by atoms with Crippen molar-refractivity contribution in [3.63, 3.8) is 0 Å². The molecule has 0 spiro atoms. The van der Waals surface area contributed by atoms with Crippen LogP contribution in [0, 0.1) is 23.3 Å². The standard InChI is InChI=1S/C13H8F4N2O/c14-6-1-2-11(18)8(3-6)13(20)19-12-9(16)4-7(15)5-10(12)17/h1-5H,18H2,(H,19,20). The Balaban J connectivity index is 2.35. The first kappa shape index (κ1) is 13.9. The highest BCUT2D eigenvalue weighted by Crippen LogP contribution is 2.22. The monoisotopic (exact) mass is 284 g/mol. The third-order valence-electron chi connectivity index (χ3n) is 2.51. The molecule has 0 saturated heterocycles. The van der Waals surface area contributed by atoms with Crippen molar-refractivity contribution in [2.75, 3.05) is 11.1 Å². The summed E-state index contributed by atoms with van der Waals surface area (Å²) in [4.78, 5) is 11.8. The summed E-state index contributed by atoms with van der Waals surface area (Å²) in [6.45, 7) is 0. The Kier molecular flexibility index (Phi) is 3.60. The summed E-state index contributed by atoms with van der Waals surface area (Å²) in [6, 6.07) is 3.82. The van der Waals surface area contributed by atoms with Gasteiger partial charge in [-0.25, -0.2) is 17.6 Å². The Morgan fingerprint density at radius 1 is 0.950 bits per heavy atom. The molecule has 0 aliphatic rings. The molecule has 2 rings (SSSR count). The summed E-state index contributed by atoms with van der Waals surface area (Å²) in [5.41, 5.74) is 4.29. The maximum absolute atomic E-state index is 13.4. The predicted molar refractivity (Wildman–Crippen MR) is 65.1 cm³/mol. The van der Waals surface area contributed by atoms with Gasteiger partial charge in [-0.15, -0.1) is 0 Å². The van der Waals surface area contributed by atoms with Crippen LogP contribution in [0.3, 0.4) is 0 Å². The van der Waals surface area contributed by atoms with Crippen molar-refractivity contribution in [1.29, 1.82) is 0 Å². The largest absolute Gasteiger partial charge is 0.398 e. The van der Waals surface area contributed by atoms with Crippen LogP contribution in [-0.4, -0.2) is 5.91 Å². The number of halogens is 4. The lowest BCUT2D eigenvalue weighted by Crippen LogP contribution is -2.16. The molecule has 7 heteroatoms. The fourth-order valence-corrected chi connectivity index (χ4v) is 1.57. The predicted octanol–water partition coefficient (Wildman–Crippen LogP) is 3.08. The maximum Gasteiger partial charge on any atom is 0.258 e. The van der Waals surface area contributed by atoms with Crippen LogP contribution in [0.15, 0.2) is 30.3 Å². The molecule has 20 heavy (non-hydrogen) atoms. The van der Waals surface area contributed by atoms with E-state index in [0.29, 0.717) is 12.1 Å². The quantitative estimate of drug-likeness (QED) is 0.657. The second kappa shape index (κ2) is 5.20. The van der Waals surface area contributed by atoms with Crippen molar-refractivity contribution < 1.29 is 22.4 Å². The van der Waals surface area contributed by atoms with Gasteiger partial charge in [0.15, 0.2) is 11.6 Å². The Hall–Kier alpha value is -2.57. The number of nitrogens with two attached hydrogens (primary N) is 1. The molecule has 0 aromatic heterocycles. The van der Waals surface area contributed by atoms with Gasteiger partial charge in [-0.3, -0.25) is 4.79 Å². The summed E-state index contributed by atoms with van der Waals surface area (Å²) in [7, 11) is 0. The smallest absolute Gasteiger partial charge is 0.258 e. The van der Waals surface area contributed by atoms with E-state index in [4.69, 9.17) is 5.73 Å². The molecule has 2 aromatic carbocycles. The van der Waals surface area contributed by atoms with E-state index in [9.17, 15) is 22.4 Å². The normalized spacial score (nSPS) is 10.4. The number of nitrogen functional groups attached to an aromatic ring is 1. The van der Waals surface area contributed by atoms with Gasteiger partial charge in [0.25, 0.3) is 5.91 Å². The van der Waals surface area contributed by atoms with Crippen LogP contribution in [0.2, 0.25) is 0 Å². The van der Waals surface area contributed by atoms with Gasteiger partial charge in [0.05, 0.1) is 5.56 Å². The molecule has 0 bridgehead atoms. The van der Waals surface area contributed by atoms with Crippen LogP contribution >= 0.6 is 0 Å². The number of rotatable bonds is 2. The number of amides is 1. The summed E-state index contributed by atoms with van der Waals surface area (Å²) in [6.07, 6.45) is 0. The van der Waals surface area contributed by atoms with Gasteiger partial charge in [0.2, 0.25) is 0 Å². The van der Waals surface area contributed by atoms with Crippen LogP contribution in [0.4, 0.5) is 28.9 Å². The highest BCUT2D eigenvalue weighted by atomic mass is 19.1. The lowest BCUT2D eigenvalue weighted by Gasteiger charge is -2.09. The van der Waals surface area contributed by atoms with Gasteiger partial charge in [0, 0.05) is 17.8 Å². The second-order valence-electron chi connectivity index (χ2n) is 3.93. The summed E-state index contributed by atoms with van der Waals surface area (Å²) in [5.74, 6) is -5.43. The van der Waals surface area contributed by atoms with Crippen molar-refractivity contribution in [2.24, 2.45) is 0 Å². The molecule has 0 heterocycles. The molecule has 1 amide bonds. The van der Waals surface area contributed by atoms with Gasteiger partial charge < -0.3 is 11.1 Å². The Morgan fingerprint density at radius 3 is 2.15 bits per heavy atom. The number of carbonyl (C=O) groups excluding carboxylic acids is 1. The van der Waals surface area contributed by atoms with Crippen LogP contribution in [0.1, 0.15) is 10.4 Å². The van der Waals surface area contributed by atoms with Gasteiger partial charge in [-0.2, -0.15) is 0 Å². The van der Waals surface area contributed by atoms with E-state index in [1.807, 2.05) is 5.32 Å². The Labute approximate surface area is 111 Å². The average Bonchev–Trinajstić information content (AvgIpc) is 2.36. The highest BCUT2D eigenvalue weighted by Gasteiger charge is 2.17. The molecule has 3 nitrogen and oxygen atoms in total. The van der Waals surface area contributed by atoms with E-state index in [2.05, 4.69) is 0 Å². The van der Waals surface area contributed by atoms with Gasteiger partial charge in [-0.1, -0.05) is 0 Å². The number of anilines is 2. The fourth-order valence-electron chi connectivity index (χ4n) is 1.57. The molecule has 3 N–H and O–H groups in total. The lowest BCUT2D eigenvalue weighted by atomic mass is 10.1. The van der Waals surface area contributed by atoms with Crippen LogP contribution in [-0.2, 0) is 0 Å². The van der Waals surface area contributed by atoms with E-state index >= 15 is 0 Å². The summed E-state index contributed by atoms with van der Waals surface area (Å²) < 4.78 is 52.5. The first-order chi connectivity index (χ1) is 9.38. The number of carbonyl (C=O) groups is 1. The van der Waals surface area contributed by atoms with Crippen LogP contribution in [0.25, 0.3) is 0 Å². The van der Waals surface area contributed by atoms with Crippen molar-refractivity contribution >= 4 is 17.3 Å². The topological polar surface area (TPSA) is 55.1 Å². The molecule has 0 saturated carbocycles. The zero-order valence-electron chi connectivity index (χ0n) is 9.88. The third-order valence-corrected chi connectivity index (χ3v) is 2.51. The minimum Gasteiger partial charge on any atom is -0.398 e. The van der Waals surface area contributed by atoms with E-state index in [0.717, 1.165) is 18.2 Å². The molecule has 0 radical (unpaired) electrons. The van der Waals surface area contributed by atoms with Gasteiger partial charge >= 0.3 is 0 Å². The number of nitrogens with one attached hydrogen (secondary N) is 1. The Bertz CT molecular complexity index is 665. The first-order valence-electron chi connectivity index (χ1n) is 5.39. The Morgan fingerprint density at radius 2 is 1.55 bits per heavy atom. The van der Waals surface area contributed by atoms with Crippen LogP contribution < -0.4 is 11.1 Å². The average molecular weight is 284 g/mol. The molecule has 104 valence electrons. The summed E-state index contributed by atoms with van der Waals surface area (Å²) in [5, 5.41) is 1.89. The SMILES string of the molecule is Nc1ccc(F)cc1C(=O)Nc1c(F)cc(F)cc1F. The van der Waals surface area contributed by atoms with E-state index in [-0.39, 0.29) is 11.3 Å². The van der Waals surface area contributed by atoms with Crippen molar-refractivity contribution in [1.82, 2.24) is 0 Å². The molecule has 0 fully saturated rings. The number of benzene rings is 2. The fraction of sp³-hybridized carbons (Fsp3) is 0. The minimum absolute atomic E-state index is 0.0631. The van der Waals surface area contributed by atoms with Crippen LogP contribution in [0.5, 0.6) is 0 Å². The van der Waals surface area contributed by atoms with Crippen molar-refractivity contribution in [3.8, 4) is 0 Å². The first-order valence-corrected chi connectivity index (χ1v) is 5.39. The summed E-state index contributed by atoms with van der Waals surface area (Å²) >= 11 is 0. The van der Waals surface area contributed by atoms with Gasteiger partial charge in [0.1, 0.15) is 17.3 Å². The third kappa shape index (κ3) is 2.71. The molecular weight excluding hydrogens is 276 g/mol. The second-order valence-corrected chi connectivity index (χ2v) is 3.93. The number of hydrogen-bond acceptors (Lipinski definition) is 2. The van der Waals surface area contributed by atoms with Crippen molar-refractivity contribution in [3.05, 3.63) is 59.2 Å². The molecule has 0 aliphatic heterocycles. The number of hydrogen-bond donors (Lipinski definition) is 2. The van der Waals surface area contributed by atoms with E-state index in [1.165, 1.54) is 0 Å². The molecule has 0 aliphatic carbocycles. The van der Waals surface area contributed by atoms with E-state index < -0.39 is 34.9 Å². The van der Waals surface area contributed by atoms with Crippen molar-refractivity contribution in [2.45, 2.75) is 0 Å². The maximum atomic E-state index is 13.4. The zero-order chi connectivity index (χ0) is 14.9. The highest BCUT2D eigenvalue weighted by molar-refractivity contribution is 6.07.